The molecule has 3 heteroatoms. The van der Waals surface area contributed by atoms with Crippen LogP contribution in [0.5, 0.6) is 5.75 Å². The fourth-order valence-corrected chi connectivity index (χ4v) is 1.92. The highest BCUT2D eigenvalue weighted by molar-refractivity contribution is 5.35. The van der Waals surface area contributed by atoms with Gasteiger partial charge in [-0.2, -0.15) is 0 Å². The molecule has 0 aliphatic heterocycles. The van der Waals surface area contributed by atoms with Crippen LogP contribution in [0.4, 0.5) is 0 Å². The quantitative estimate of drug-likeness (QED) is 0.896. The molecule has 1 unspecified atom stereocenters. The Balaban J connectivity index is 2.15. The smallest absolute Gasteiger partial charge is 0.122 e. The summed E-state index contributed by atoms with van der Waals surface area (Å²) in [5, 5.41) is 0. The van der Waals surface area contributed by atoms with Crippen molar-refractivity contribution in [3.8, 4) is 5.75 Å². The van der Waals surface area contributed by atoms with Gasteiger partial charge in [-0.05, 0) is 36.6 Å². The molecule has 0 spiro atoms. The zero-order valence-electron chi connectivity index (χ0n) is 10.8. The number of methoxy groups -OCH3 is 1. The second kappa shape index (κ2) is 5.65. The molecule has 1 atom stereocenters. The maximum Gasteiger partial charge on any atom is 0.122 e. The number of nitrogens with two attached hydrogens (primary N) is 1. The molecule has 0 aliphatic rings. The van der Waals surface area contributed by atoms with Crippen LogP contribution in [0.2, 0.25) is 0 Å². The summed E-state index contributed by atoms with van der Waals surface area (Å²) in [6.45, 7) is 1.97. The molecule has 0 saturated carbocycles. The van der Waals surface area contributed by atoms with Gasteiger partial charge in [-0.15, -0.1) is 0 Å². The lowest BCUT2D eigenvalue weighted by molar-refractivity contribution is 0.408. The van der Waals surface area contributed by atoms with Crippen LogP contribution < -0.4 is 10.5 Å². The number of aryl methyl sites for hydroxylation is 1. The standard InChI is InChI=1S/C15H18N2O/c1-11-7-8-13(10-17-11)14(16)9-12-5-3-4-6-15(12)18-2/h3-8,10,14H,9,16H2,1-2H3. The lowest BCUT2D eigenvalue weighted by Gasteiger charge is -2.14. The summed E-state index contributed by atoms with van der Waals surface area (Å²) >= 11 is 0. The molecular weight excluding hydrogens is 224 g/mol. The highest BCUT2D eigenvalue weighted by atomic mass is 16.5. The van der Waals surface area contributed by atoms with Crippen molar-refractivity contribution in [3.63, 3.8) is 0 Å². The summed E-state index contributed by atoms with van der Waals surface area (Å²) in [5.41, 5.74) is 9.37. The lowest BCUT2D eigenvalue weighted by atomic mass is 10.0. The third-order valence-corrected chi connectivity index (χ3v) is 2.99. The van der Waals surface area contributed by atoms with E-state index in [1.165, 1.54) is 0 Å². The molecular formula is C15H18N2O. The maximum atomic E-state index is 6.21. The van der Waals surface area contributed by atoms with Gasteiger partial charge in [0, 0.05) is 17.9 Å². The van der Waals surface area contributed by atoms with E-state index in [0.717, 1.165) is 29.0 Å². The summed E-state index contributed by atoms with van der Waals surface area (Å²) < 4.78 is 5.33. The number of pyridine rings is 1. The Hall–Kier alpha value is -1.87. The van der Waals surface area contributed by atoms with Gasteiger partial charge < -0.3 is 10.5 Å². The number of hydrogen-bond donors (Lipinski definition) is 1. The second-order valence-corrected chi connectivity index (χ2v) is 4.36. The van der Waals surface area contributed by atoms with E-state index in [-0.39, 0.29) is 6.04 Å². The van der Waals surface area contributed by atoms with Crippen molar-refractivity contribution in [1.82, 2.24) is 4.98 Å². The van der Waals surface area contributed by atoms with Crippen molar-refractivity contribution in [3.05, 3.63) is 59.4 Å². The second-order valence-electron chi connectivity index (χ2n) is 4.36. The molecule has 1 aromatic heterocycles. The van der Waals surface area contributed by atoms with Gasteiger partial charge in [-0.1, -0.05) is 24.3 Å². The third-order valence-electron chi connectivity index (χ3n) is 2.99. The van der Waals surface area contributed by atoms with E-state index in [9.17, 15) is 0 Å². The Morgan fingerprint density at radius 2 is 2.00 bits per heavy atom. The number of rotatable bonds is 4. The molecule has 2 rings (SSSR count). The molecule has 18 heavy (non-hydrogen) atoms. The SMILES string of the molecule is COc1ccccc1CC(N)c1ccc(C)nc1. The van der Waals surface area contributed by atoms with Crippen molar-refractivity contribution in [2.24, 2.45) is 5.73 Å². The molecule has 1 aromatic carbocycles. The monoisotopic (exact) mass is 242 g/mol. The van der Waals surface area contributed by atoms with Crippen molar-refractivity contribution in [2.45, 2.75) is 19.4 Å². The molecule has 0 bridgehead atoms. The summed E-state index contributed by atoms with van der Waals surface area (Å²) in [4.78, 5) is 4.27. The lowest BCUT2D eigenvalue weighted by Crippen LogP contribution is -2.14. The maximum absolute atomic E-state index is 6.21. The van der Waals surface area contributed by atoms with E-state index < -0.39 is 0 Å². The summed E-state index contributed by atoms with van der Waals surface area (Å²) in [7, 11) is 1.68. The van der Waals surface area contributed by atoms with E-state index in [1.807, 2.05) is 49.5 Å². The first-order valence-electron chi connectivity index (χ1n) is 6.00. The van der Waals surface area contributed by atoms with Gasteiger partial charge in [0.15, 0.2) is 0 Å². The Bertz CT molecular complexity index is 508. The van der Waals surface area contributed by atoms with Gasteiger partial charge in [0.1, 0.15) is 5.75 Å². The molecule has 2 aromatic rings. The van der Waals surface area contributed by atoms with E-state index in [1.54, 1.807) is 7.11 Å². The van der Waals surface area contributed by atoms with E-state index in [2.05, 4.69) is 4.98 Å². The van der Waals surface area contributed by atoms with Gasteiger partial charge in [-0.25, -0.2) is 0 Å². The molecule has 2 N–H and O–H groups in total. The van der Waals surface area contributed by atoms with Gasteiger partial charge in [0.25, 0.3) is 0 Å². The highest BCUT2D eigenvalue weighted by Gasteiger charge is 2.10. The zero-order valence-corrected chi connectivity index (χ0v) is 10.8. The van der Waals surface area contributed by atoms with Crippen molar-refractivity contribution >= 4 is 0 Å². The molecule has 0 saturated heterocycles. The average Bonchev–Trinajstić information content (AvgIpc) is 2.40. The number of aromatic nitrogens is 1. The fourth-order valence-electron chi connectivity index (χ4n) is 1.92. The van der Waals surface area contributed by atoms with Crippen LogP contribution >= 0.6 is 0 Å². The Morgan fingerprint density at radius 1 is 1.22 bits per heavy atom. The van der Waals surface area contributed by atoms with Crippen LogP contribution in [-0.2, 0) is 6.42 Å². The van der Waals surface area contributed by atoms with Crippen molar-refractivity contribution < 1.29 is 4.74 Å². The summed E-state index contributed by atoms with van der Waals surface area (Å²) in [6.07, 6.45) is 2.59. The van der Waals surface area contributed by atoms with Crippen LogP contribution in [-0.4, -0.2) is 12.1 Å². The Morgan fingerprint density at radius 3 is 2.67 bits per heavy atom. The molecule has 0 fully saturated rings. The van der Waals surface area contributed by atoms with Crippen LogP contribution in [0.1, 0.15) is 22.9 Å². The zero-order chi connectivity index (χ0) is 13.0. The molecule has 3 nitrogen and oxygen atoms in total. The minimum atomic E-state index is -0.0607. The van der Waals surface area contributed by atoms with E-state index >= 15 is 0 Å². The van der Waals surface area contributed by atoms with Crippen LogP contribution in [0.25, 0.3) is 0 Å². The minimum Gasteiger partial charge on any atom is -0.496 e. The first-order chi connectivity index (χ1) is 8.70. The van der Waals surface area contributed by atoms with E-state index in [4.69, 9.17) is 10.5 Å². The third kappa shape index (κ3) is 2.87. The fraction of sp³-hybridized carbons (Fsp3) is 0.267. The summed E-state index contributed by atoms with van der Waals surface area (Å²) in [6, 6.07) is 11.9. The van der Waals surface area contributed by atoms with Crippen LogP contribution in [0.3, 0.4) is 0 Å². The van der Waals surface area contributed by atoms with Crippen LogP contribution in [0, 0.1) is 6.92 Å². The van der Waals surface area contributed by atoms with Crippen molar-refractivity contribution in [2.75, 3.05) is 7.11 Å². The summed E-state index contributed by atoms with van der Waals surface area (Å²) in [5.74, 6) is 0.882. The topological polar surface area (TPSA) is 48.1 Å². The molecule has 0 amide bonds. The minimum absolute atomic E-state index is 0.0607. The molecule has 94 valence electrons. The number of nitrogens with zero attached hydrogens (tertiary/aromatic N) is 1. The van der Waals surface area contributed by atoms with Crippen molar-refractivity contribution in [1.29, 1.82) is 0 Å². The van der Waals surface area contributed by atoms with Gasteiger partial charge in [0.2, 0.25) is 0 Å². The van der Waals surface area contributed by atoms with Gasteiger partial charge in [-0.3, -0.25) is 4.98 Å². The first kappa shape index (κ1) is 12.6. The van der Waals surface area contributed by atoms with Crippen LogP contribution in [0.15, 0.2) is 42.6 Å². The average molecular weight is 242 g/mol. The number of para-hydroxylation sites is 1. The Labute approximate surface area is 108 Å². The number of hydrogen-bond acceptors (Lipinski definition) is 3. The molecule has 0 radical (unpaired) electrons. The normalized spacial score (nSPS) is 12.2. The number of ether oxygens (including phenoxy) is 1. The largest absolute Gasteiger partial charge is 0.496 e. The predicted octanol–water partition coefficient (Wildman–Crippen LogP) is 2.64. The first-order valence-corrected chi connectivity index (χ1v) is 6.00. The van der Waals surface area contributed by atoms with Gasteiger partial charge in [0.05, 0.1) is 7.11 Å². The predicted molar refractivity (Wildman–Crippen MR) is 72.6 cm³/mol. The Kier molecular flexibility index (Phi) is 3.95. The molecule has 1 heterocycles. The van der Waals surface area contributed by atoms with Gasteiger partial charge >= 0.3 is 0 Å². The number of benzene rings is 1. The van der Waals surface area contributed by atoms with E-state index in [0.29, 0.717) is 0 Å². The molecule has 0 aliphatic carbocycles. The highest BCUT2D eigenvalue weighted by Crippen LogP contribution is 2.23.